The summed E-state index contributed by atoms with van der Waals surface area (Å²) in [6.45, 7) is 4.29. The van der Waals surface area contributed by atoms with Gasteiger partial charge >= 0.3 is 6.09 Å². The summed E-state index contributed by atoms with van der Waals surface area (Å²) in [5.74, 6) is 2.60. The molecule has 32 heavy (non-hydrogen) atoms. The van der Waals surface area contributed by atoms with Crippen molar-refractivity contribution in [2.24, 2.45) is 0 Å². The minimum absolute atomic E-state index is 0.101. The zero-order chi connectivity index (χ0) is 22.5. The largest absolute Gasteiger partial charge is 0.457 e. The molecule has 2 atom stereocenters. The molecule has 4 rings (SSSR count). The number of hydrogen-bond donors (Lipinski definition) is 1. The van der Waals surface area contributed by atoms with E-state index >= 15 is 0 Å². The van der Waals surface area contributed by atoms with Gasteiger partial charge in [-0.1, -0.05) is 37.3 Å². The maximum atomic E-state index is 12.2. The Hall–Kier alpha value is -3.39. The molecule has 1 aliphatic heterocycles. The number of benzene rings is 2. The van der Waals surface area contributed by atoms with Gasteiger partial charge in [0, 0.05) is 0 Å². The number of hydrogen-bond acceptors (Lipinski definition) is 7. The number of nitrogens with zero attached hydrogens (tertiary/aromatic N) is 4. The van der Waals surface area contributed by atoms with Crippen LogP contribution in [0.25, 0.3) is 0 Å². The van der Waals surface area contributed by atoms with E-state index in [1.165, 1.54) is 4.90 Å². The summed E-state index contributed by atoms with van der Waals surface area (Å²) in [5.41, 5.74) is 1.02. The number of alkyl halides is 1. The fraction of sp³-hybridized carbons (Fsp3) is 0.304. The zero-order valence-electron chi connectivity index (χ0n) is 17.9. The minimum Gasteiger partial charge on any atom is -0.457 e. The molecule has 0 spiro atoms. The highest BCUT2D eigenvalue weighted by atomic mass is 35.5. The quantitative estimate of drug-likeness (QED) is 0.462. The van der Waals surface area contributed by atoms with Crippen molar-refractivity contribution < 1.29 is 14.3 Å². The molecule has 8 nitrogen and oxygen atoms in total. The molecule has 1 saturated heterocycles. The molecule has 1 fully saturated rings. The Balaban J connectivity index is 1.50. The first-order valence-corrected chi connectivity index (χ1v) is 11.0. The number of halogens is 1. The molecule has 1 aliphatic rings. The third-order valence-electron chi connectivity index (χ3n) is 5.14. The summed E-state index contributed by atoms with van der Waals surface area (Å²) < 4.78 is 11.0. The van der Waals surface area contributed by atoms with Gasteiger partial charge in [-0.05, 0) is 43.2 Å². The van der Waals surface area contributed by atoms with Gasteiger partial charge in [-0.25, -0.2) is 9.69 Å². The zero-order valence-corrected chi connectivity index (χ0v) is 18.6. The standard InChI is InChI=1S/C23H24ClN5O3/c1-3-17-14-31-23(30)29(17)22-27-20(13-24)26-21(28-22)25-15(2)16-9-11-19(12-10-16)32-18-7-5-4-6-8-18/h4-12,15,17H,3,13-14H2,1-2H3,(H,25,26,27,28)/t15-,17-/m0/s1. The Bertz CT molecular complexity index is 1060. The number of cyclic esters (lactones) is 1. The van der Waals surface area contributed by atoms with Crippen LogP contribution in [0.3, 0.4) is 0 Å². The smallest absolute Gasteiger partial charge is 0.417 e. The van der Waals surface area contributed by atoms with Crippen LogP contribution < -0.4 is 15.0 Å². The normalized spacial score (nSPS) is 16.5. The van der Waals surface area contributed by atoms with Gasteiger partial charge in [-0.3, -0.25) is 0 Å². The topological polar surface area (TPSA) is 89.5 Å². The molecule has 2 aromatic carbocycles. The molecule has 9 heteroatoms. The Labute approximate surface area is 191 Å². The Morgan fingerprint density at radius 3 is 2.53 bits per heavy atom. The fourth-order valence-corrected chi connectivity index (χ4v) is 3.49. The van der Waals surface area contributed by atoms with Gasteiger partial charge in [0.1, 0.15) is 18.1 Å². The number of carbonyl (C=O) groups is 1. The van der Waals surface area contributed by atoms with Crippen LogP contribution in [0.15, 0.2) is 54.6 Å². The van der Waals surface area contributed by atoms with Gasteiger partial charge in [0.25, 0.3) is 0 Å². The van der Waals surface area contributed by atoms with Crippen LogP contribution in [-0.4, -0.2) is 33.7 Å². The minimum atomic E-state index is -0.462. The van der Waals surface area contributed by atoms with E-state index in [1.54, 1.807) is 0 Å². The van der Waals surface area contributed by atoms with Gasteiger partial charge in [-0.15, -0.1) is 11.6 Å². The van der Waals surface area contributed by atoms with E-state index in [0.29, 0.717) is 18.4 Å². The third kappa shape index (κ3) is 4.91. The molecule has 0 radical (unpaired) electrons. The van der Waals surface area contributed by atoms with E-state index < -0.39 is 6.09 Å². The average molecular weight is 454 g/mol. The lowest BCUT2D eigenvalue weighted by molar-refractivity contribution is 0.178. The molecule has 0 bridgehead atoms. The monoisotopic (exact) mass is 453 g/mol. The summed E-state index contributed by atoms with van der Waals surface area (Å²) in [4.78, 5) is 26.8. The van der Waals surface area contributed by atoms with Crippen LogP contribution in [0.5, 0.6) is 11.5 Å². The van der Waals surface area contributed by atoms with Gasteiger partial charge in [0.05, 0.1) is 18.0 Å². The molecular weight excluding hydrogens is 430 g/mol. The summed E-state index contributed by atoms with van der Waals surface area (Å²) in [5, 5.41) is 3.27. The third-order valence-corrected chi connectivity index (χ3v) is 5.38. The first-order valence-electron chi connectivity index (χ1n) is 10.4. The Kier molecular flexibility index (Phi) is 6.70. The molecule has 1 aromatic heterocycles. The summed E-state index contributed by atoms with van der Waals surface area (Å²) >= 11 is 5.99. The number of anilines is 2. The molecule has 0 aliphatic carbocycles. The molecule has 0 saturated carbocycles. The van der Waals surface area contributed by atoms with E-state index in [9.17, 15) is 4.79 Å². The van der Waals surface area contributed by atoms with Gasteiger partial charge in [0.2, 0.25) is 11.9 Å². The number of carbonyl (C=O) groups excluding carboxylic acids is 1. The second-order valence-corrected chi connectivity index (χ2v) is 7.64. The van der Waals surface area contributed by atoms with E-state index in [1.807, 2.05) is 68.4 Å². The summed E-state index contributed by atoms with van der Waals surface area (Å²) in [6, 6.07) is 17.2. The van der Waals surface area contributed by atoms with Gasteiger partial charge in [-0.2, -0.15) is 15.0 Å². The van der Waals surface area contributed by atoms with Crippen LogP contribution in [0.4, 0.5) is 16.7 Å². The predicted octanol–water partition coefficient (Wildman–Crippen LogP) is 5.31. The second-order valence-electron chi connectivity index (χ2n) is 7.37. The van der Waals surface area contributed by atoms with Crippen LogP contribution >= 0.6 is 11.6 Å². The lowest BCUT2D eigenvalue weighted by Gasteiger charge is -2.20. The Morgan fingerprint density at radius 2 is 1.84 bits per heavy atom. The van der Waals surface area contributed by atoms with Crippen molar-refractivity contribution in [2.75, 3.05) is 16.8 Å². The van der Waals surface area contributed by atoms with Crippen molar-refractivity contribution in [3.8, 4) is 11.5 Å². The summed E-state index contributed by atoms with van der Waals surface area (Å²) in [7, 11) is 0. The lowest BCUT2D eigenvalue weighted by atomic mass is 10.1. The molecule has 1 N–H and O–H groups in total. The van der Waals surface area contributed by atoms with Crippen molar-refractivity contribution in [2.45, 2.75) is 38.2 Å². The first-order chi connectivity index (χ1) is 15.6. The van der Waals surface area contributed by atoms with Crippen LogP contribution in [0.2, 0.25) is 0 Å². The molecular formula is C23H24ClN5O3. The van der Waals surface area contributed by atoms with E-state index in [4.69, 9.17) is 21.1 Å². The van der Waals surface area contributed by atoms with Crippen molar-refractivity contribution in [3.63, 3.8) is 0 Å². The van der Waals surface area contributed by atoms with E-state index in [0.717, 1.165) is 23.5 Å². The van der Waals surface area contributed by atoms with Crippen LogP contribution in [0, 0.1) is 0 Å². The van der Waals surface area contributed by atoms with Gasteiger partial charge in [0.15, 0.2) is 5.82 Å². The number of rotatable bonds is 8. The second kappa shape index (κ2) is 9.82. The van der Waals surface area contributed by atoms with Crippen molar-refractivity contribution in [1.82, 2.24) is 15.0 Å². The highest BCUT2D eigenvalue weighted by molar-refractivity contribution is 6.16. The van der Waals surface area contributed by atoms with Gasteiger partial charge < -0.3 is 14.8 Å². The lowest BCUT2D eigenvalue weighted by Crippen LogP contribution is -2.35. The molecule has 0 unspecified atom stereocenters. The average Bonchev–Trinajstić information content (AvgIpc) is 3.20. The highest BCUT2D eigenvalue weighted by Crippen LogP contribution is 2.26. The number of para-hydroxylation sites is 1. The molecule has 166 valence electrons. The molecule has 1 amide bonds. The van der Waals surface area contributed by atoms with E-state index in [2.05, 4.69) is 20.3 Å². The maximum Gasteiger partial charge on any atom is 0.417 e. The SMILES string of the molecule is CC[C@H]1COC(=O)N1c1nc(CCl)nc(N[C@@H](C)c2ccc(Oc3ccccc3)cc2)n1. The van der Waals surface area contributed by atoms with Crippen molar-refractivity contribution in [1.29, 1.82) is 0 Å². The number of aromatic nitrogens is 3. The number of ether oxygens (including phenoxy) is 2. The molecule has 3 aromatic rings. The summed E-state index contributed by atoms with van der Waals surface area (Å²) in [6.07, 6.45) is 0.265. The van der Waals surface area contributed by atoms with Crippen LogP contribution in [0.1, 0.15) is 37.7 Å². The van der Waals surface area contributed by atoms with Crippen molar-refractivity contribution >= 4 is 29.6 Å². The first kappa shape index (κ1) is 21.8. The number of amides is 1. The predicted molar refractivity (Wildman–Crippen MR) is 122 cm³/mol. The fourth-order valence-electron chi connectivity index (χ4n) is 3.37. The maximum absolute atomic E-state index is 12.2. The molecule has 2 heterocycles. The van der Waals surface area contributed by atoms with E-state index in [-0.39, 0.29) is 23.9 Å². The number of nitrogens with one attached hydrogen (secondary N) is 1. The van der Waals surface area contributed by atoms with Crippen molar-refractivity contribution in [3.05, 3.63) is 66.0 Å². The van der Waals surface area contributed by atoms with Crippen LogP contribution in [-0.2, 0) is 10.6 Å². The Morgan fingerprint density at radius 1 is 1.12 bits per heavy atom. The highest BCUT2D eigenvalue weighted by Gasteiger charge is 2.35.